The molecule has 2 nitrogen and oxygen atoms in total. The Balaban J connectivity index is 3.64. The van der Waals surface area contributed by atoms with Gasteiger partial charge in [-0.1, -0.05) is 13.8 Å². The normalized spacial score (nSPS) is 16.5. The van der Waals surface area contributed by atoms with Crippen LogP contribution >= 0.6 is 0 Å². The molecule has 0 aliphatic carbocycles. The molecule has 0 rings (SSSR count). The van der Waals surface area contributed by atoms with E-state index in [2.05, 4.69) is 20.8 Å². The van der Waals surface area contributed by atoms with Gasteiger partial charge in [0.2, 0.25) is 0 Å². The standard InChI is InChI=1S/C10H23NO/c1-5-12-7-6-10(8(2)3)9(4)11/h8-10H,5-7,11H2,1-4H3. The Hall–Kier alpha value is -0.0800. The maximum Gasteiger partial charge on any atom is 0.0469 e. The second kappa shape index (κ2) is 6.44. The van der Waals surface area contributed by atoms with Crippen molar-refractivity contribution in [3.05, 3.63) is 0 Å². The molecule has 0 heterocycles. The predicted molar refractivity (Wildman–Crippen MR) is 53.1 cm³/mol. The maximum absolute atomic E-state index is 5.86. The summed E-state index contributed by atoms with van der Waals surface area (Å²) >= 11 is 0. The van der Waals surface area contributed by atoms with Crippen molar-refractivity contribution in [2.24, 2.45) is 17.6 Å². The van der Waals surface area contributed by atoms with Crippen LogP contribution in [0.4, 0.5) is 0 Å². The lowest BCUT2D eigenvalue weighted by Gasteiger charge is -2.24. The molecule has 0 aliphatic rings. The summed E-state index contributed by atoms with van der Waals surface area (Å²) in [5.41, 5.74) is 5.86. The Morgan fingerprint density at radius 3 is 2.17 bits per heavy atom. The summed E-state index contributed by atoms with van der Waals surface area (Å²) in [4.78, 5) is 0. The summed E-state index contributed by atoms with van der Waals surface area (Å²) in [6.45, 7) is 10.2. The van der Waals surface area contributed by atoms with E-state index in [-0.39, 0.29) is 6.04 Å². The van der Waals surface area contributed by atoms with Crippen molar-refractivity contribution in [3.8, 4) is 0 Å². The van der Waals surface area contributed by atoms with Crippen LogP contribution < -0.4 is 5.73 Å². The first kappa shape index (κ1) is 11.9. The topological polar surface area (TPSA) is 35.2 Å². The van der Waals surface area contributed by atoms with Crippen molar-refractivity contribution in [1.29, 1.82) is 0 Å². The predicted octanol–water partition coefficient (Wildman–Crippen LogP) is 2.03. The molecule has 2 heteroatoms. The summed E-state index contributed by atoms with van der Waals surface area (Å²) in [7, 11) is 0. The highest BCUT2D eigenvalue weighted by Crippen LogP contribution is 2.17. The molecule has 74 valence electrons. The fourth-order valence-electron chi connectivity index (χ4n) is 1.57. The summed E-state index contributed by atoms with van der Waals surface area (Å²) in [5.74, 6) is 1.25. The number of rotatable bonds is 6. The Kier molecular flexibility index (Phi) is 6.39. The molecule has 0 aliphatic heterocycles. The number of hydrogen-bond donors (Lipinski definition) is 1. The zero-order valence-corrected chi connectivity index (χ0v) is 8.84. The number of nitrogens with two attached hydrogens (primary N) is 1. The van der Waals surface area contributed by atoms with Crippen molar-refractivity contribution >= 4 is 0 Å². The molecule has 2 unspecified atom stereocenters. The summed E-state index contributed by atoms with van der Waals surface area (Å²) < 4.78 is 5.31. The highest BCUT2D eigenvalue weighted by molar-refractivity contribution is 4.71. The SMILES string of the molecule is CCOCCC(C(C)C)C(C)N. The zero-order valence-electron chi connectivity index (χ0n) is 8.84. The van der Waals surface area contributed by atoms with E-state index in [0.29, 0.717) is 11.8 Å². The minimum Gasteiger partial charge on any atom is -0.382 e. The van der Waals surface area contributed by atoms with Gasteiger partial charge in [-0.3, -0.25) is 0 Å². The molecular formula is C10H23NO. The molecule has 0 aromatic carbocycles. The van der Waals surface area contributed by atoms with Gasteiger partial charge >= 0.3 is 0 Å². The third kappa shape index (κ3) is 4.73. The Bertz CT molecular complexity index is 94.0. The maximum atomic E-state index is 5.86. The van der Waals surface area contributed by atoms with Crippen LogP contribution in [0.3, 0.4) is 0 Å². The zero-order chi connectivity index (χ0) is 9.56. The summed E-state index contributed by atoms with van der Waals surface area (Å²) in [6.07, 6.45) is 1.09. The lowest BCUT2D eigenvalue weighted by molar-refractivity contribution is 0.119. The lowest BCUT2D eigenvalue weighted by Crippen LogP contribution is -2.31. The summed E-state index contributed by atoms with van der Waals surface area (Å²) in [5, 5.41) is 0. The van der Waals surface area contributed by atoms with E-state index >= 15 is 0 Å². The molecule has 0 saturated carbocycles. The molecule has 0 radical (unpaired) electrons. The molecule has 0 saturated heterocycles. The van der Waals surface area contributed by atoms with Gasteiger partial charge in [-0.05, 0) is 32.1 Å². The van der Waals surface area contributed by atoms with Crippen LogP contribution in [0.2, 0.25) is 0 Å². The van der Waals surface area contributed by atoms with Gasteiger partial charge in [0, 0.05) is 19.3 Å². The van der Waals surface area contributed by atoms with E-state index in [1.807, 2.05) is 6.92 Å². The van der Waals surface area contributed by atoms with Crippen LogP contribution in [0, 0.1) is 11.8 Å². The third-order valence-electron chi connectivity index (χ3n) is 2.33. The van der Waals surface area contributed by atoms with Crippen LogP contribution in [0.15, 0.2) is 0 Å². The van der Waals surface area contributed by atoms with Gasteiger partial charge in [-0.2, -0.15) is 0 Å². The minimum atomic E-state index is 0.283. The second-order valence-electron chi connectivity index (χ2n) is 3.75. The molecular weight excluding hydrogens is 150 g/mol. The molecule has 2 N–H and O–H groups in total. The highest BCUT2D eigenvalue weighted by Gasteiger charge is 2.16. The smallest absolute Gasteiger partial charge is 0.0469 e. The molecule has 0 amide bonds. The first-order valence-electron chi connectivity index (χ1n) is 4.92. The Labute approximate surface area is 76.5 Å². The largest absolute Gasteiger partial charge is 0.382 e. The minimum absolute atomic E-state index is 0.283. The molecule has 0 aromatic rings. The van der Waals surface area contributed by atoms with Crippen LogP contribution in [-0.4, -0.2) is 19.3 Å². The van der Waals surface area contributed by atoms with Gasteiger partial charge in [0.25, 0.3) is 0 Å². The van der Waals surface area contributed by atoms with Crippen molar-refractivity contribution in [1.82, 2.24) is 0 Å². The van der Waals surface area contributed by atoms with Crippen LogP contribution in [-0.2, 0) is 4.74 Å². The van der Waals surface area contributed by atoms with Gasteiger partial charge in [0.15, 0.2) is 0 Å². The van der Waals surface area contributed by atoms with Gasteiger partial charge in [0.1, 0.15) is 0 Å². The van der Waals surface area contributed by atoms with Crippen molar-refractivity contribution in [2.75, 3.05) is 13.2 Å². The average molecular weight is 173 g/mol. The van der Waals surface area contributed by atoms with E-state index in [1.165, 1.54) is 0 Å². The van der Waals surface area contributed by atoms with E-state index < -0.39 is 0 Å². The first-order chi connectivity index (χ1) is 5.59. The van der Waals surface area contributed by atoms with Crippen molar-refractivity contribution in [3.63, 3.8) is 0 Å². The van der Waals surface area contributed by atoms with E-state index in [1.54, 1.807) is 0 Å². The lowest BCUT2D eigenvalue weighted by atomic mass is 9.87. The average Bonchev–Trinajstić information content (AvgIpc) is 1.96. The van der Waals surface area contributed by atoms with E-state index in [4.69, 9.17) is 10.5 Å². The van der Waals surface area contributed by atoms with E-state index in [0.717, 1.165) is 19.6 Å². The van der Waals surface area contributed by atoms with Gasteiger partial charge < -0.3 is 10.5 Å². The Morgan fingerprint density at radius 2 is 1.83 bits per heavy atom. The quantitative estimate of drug-likeness (QED) is 0.624. The number of hydrogen-bond acceptors (Lipinski definition) is 2. The highest BCUT2D eigenvalue weighted by atomic mass is 16.5. The van der Waals surface area contributed by atoms with Crippen molar-refractivity contribution < 1.29 is 4.74 Å². The Morgan fingerprint density at radius 1 is 1.25 bits per heavy atom. The summed E-state index contributed by atoms with van der Waals surface area (Å²) in [6, 6.07) is 0.283. The van der Waals surface area contributed by atoms with Gasteiger partial charge in [-0.15, -0.1) is 0 Å². The van der Waals surface area contributed by atoms with Gasteiger partial charge in [0.05, 0.1) is 0 Å². The van der Waals surface area contributed by atoms with Crippen LogP contribution in [0.5, 0.6) is 0 Å². The monoisotopic (exact) mass is 173 g/mol. The second-order valence-corrected chi connectivity index (χ2v) is 3.75. The number of ether oxygens (including phenoxy) is 1. The van der Waals surface area contributed by atoms with Crippen LogP contribution in [0.1, 0.15) is 34.1 Å². The molecule has 0 aromatic heterocycles. The third-order valence-corrected chi connectivity index (χ3v) is 2.33. The fourth-order valence-corrected chi connectivity index (χ4v) is 1.57. The van der Waals surface area contributed by atoms with Crippen molar-refractivity contribution in [2.45, 2.75) is 40.2 Å². The van der Waals surface area contributed by atoms with Crippen LogP contribution in [0.25, 0.3) is 0 Å². The molecule has 2 atom stereocenters. The first-order valence-corrected chi connectivity index (χ1v) is 4.92. The molecule has 0 spiro atoms. The van der Waals surface area contributed by atoms with Gasteiger partial charge in [-0.25, -0.2) is 0 Å². The fraction of sp³-hybridized carbons (Fsp3) is 1.00. The molecule has 12 heavy (non-hydrogen) atoms. The molecule has 0 bridgehead atoms. The van der Waals surface area contributed by atoms with E-state index in [9.17, 15) is 0 Å². The molecule has 0 fully saturated rings.